The zero-order valence-corrected chi connectivity index (χ0v) is 18.4. The maximum absolute atomic E-state index is 10.6. The van der Waals surface area contributed by atoms with Crippen molar-refractivity contribution >= 4 is 11.9 Å². The van der Waals surface area contributed by atoms with E-state index in [9.17, 15) is 26.3 Å². The summed E-state index contributed by atoms with van der Waals surface area (Å²) in [7, 11) is 6.00. The van der Waals surface area contributed by atoms with E-state index in [1.54, 1.807) is 13.3 Å². The number of aromatic nitrogens is 1. The number of ether oxygens (including phenoxy) is 2. The lowest BCUT2D eigenvalue weighted by molar-refractivity contribution is -0.193. The molecule has 0 aliphatic carbocycles. The van der Waals surface area contributed by atoms with Crippen LogP contribution in [-0.4, -0.2) is 102 Å². The molecule has 15 heteroatoms. The molecule has 3 rings (SSSR count). The lowest BCUT2D eigenvalue weighted by atomic mass is 9.99. The lowest BCUT2D eigenvalue weighted by Crippen LogP contribution is -2.36. The molecule has 0 radical (unpaired) electrons. The van der Waals surface area contributed by atoms with Gasteiger partial charge in [-0.2, -0.15) is 26.3 Å². The molecule has 2 aliphatic rings. The molecule has 0 amide bonds. The van der Waals surface area contributed by atoms with Gasteiger partial charge in [0.15, 0.2) is 0 Å². The minimum atomic E-state index is -5.08. The van der Waals surface area contributed by atoms with E-state index in [1.807, 2.05) is 6.07 Å². The van der Waals surface area contributed by atoms with Gasteiger partial charge in [0, 0.05) is 42.9 Å². The highest BCUT2D eigenvalue weighted by Gasteiger charge is 2.46. The van der Waals surface area contributed by atoms with Gasteiger partial charge in [0.05, 0.1) is 20.3 Å². The maximum atomic E-state index is 10.6. The van der Waals surface area contributed by atoms with Crippen LogP contribution in [0.2, 0.25) is 0 Å². The molecule has 2 aliphatic heterocycles. The summed E-state index contributed by atoms with van der Waals surface area (Å²) in [5.41, 5.74) is 1.15. The Morgan fingerprint density at radius 2 is 1.68 bits per heavy atom. The van der Waals surface area contributed by atoms with E-state index in [0.717, 1.165) is 37.7 Å². The SMILES string of the molecule is COc1ncccc1CN1C[C@@H](N(C)C)[C@H]2COC[C@H]21.O=C(O)C(F)(F)F.O=C(O)C(F)(F)F. The van der Waals surface area contributed by atoms with Crippen LogP contribution in [0.3, 0.4) is 0 Å². The molecule has 1 aromatic rings. The molecule has 1 aromatic heterocycles. The standard InChI is InChI=1S/C15H23N3O2.2C2HF3O2/c1-17(2)13-8-18(14-10-20-9-12(13)14)7-11-5-4-6-16-15(11)19-3;2*3-2(4,5)1(6)7/h4-6,12-14H,7-10H2,1-3H3;2*(H,6,7)/t12-,13-,14-;;/m1../s1. The highest BCUT2D eigenvalue weighted by Crippen LogP contribution is 2.34. The number of methoxy groups -OCH3 is 1. The minimum absolute atomic E-state index is 0.521. The Kier molecular flexibility index (Phi) is 10.5. The second-order valence-electron chi connectivity index (χ2n) is 7.51. The largest absolute Gasteiger partial charge is 0.490 e. The number of alkyl halides is 6. The summed E-state index contributed by atoms with van der Waals surface area (Å²) in [6.07, 6.45) is -8.39. The van der Waals surface area contributed by atoms with Crippen molar-refractivity contribution in [2.45, 2.75) is 31.0 Å². The molecule has 0 aromatic carbocycles. The molecule has 0 unspecified atom stereocenters. The summed E-state index contributed by atoms with van der Waals surface area (Å²) < 4.78 is 74.5. The molecule has 34 heavy (non-hydrogen) atoms. The molecule has 2 saturated heterocycles. The van der Waals surface area contributed by atoms with E-state index in [2.05, 4.69) is 34.9 Å². The van der Waals surface area contributed by atoms with Gasteiger partial charge >= 0.3 is 24.3 Å². The Balaban J connectivity index is 0.000000343. The van der Waals surface area contributed by atoms with Crippen molar-refractivity contribution in [3.8, 4) is 5.88 Å². The van der Waals surface area contributed by atoms with Gasteiger partial charge in [-0.1, -0.05) is 6.07 Å². The Morgan fingerprint density at radius 1 is 1.15 bits per heavy atom. The maximum Gasteiger partial charge on any atom is 0.490 e. The van der Waals surface area contributed by atoms with Crippen LogP contribution in [-0.2, 0) is 20.9 Å². The molecule has 2 fully saturated rings. The van der Waals surface area contributed by atoms with Gasteiger partial charge < -0.3 is 24.6 Å². The van der Waals surface area contributed by atoms with Crippen molar-refractivity contribution in [1.82, 2.24) is 14.8 Å². The first-order chi connectivity index (χ1) is 15.6. The predicted octanol–water partition coefficient (Wildman–Crippen LogP) is 2.12. The third kappa shape index (κ3) is 8.61. The van der Waals surface area contributed by atoms with E-state index in [0.29, 0.717) is 18.0 Å². The molecule has 3 heterocycles. The van der Waals surface area contributed by atoms with Gasteiger partial charge in [0.2, 0.25) is 5.88 Å². The van der Waals surface area contributed by atoms with Crippen molar-refractivity contribution in [1.29, 1.82) is 0 Å². The first-order valence-corrected chi connectivity index (χ1v) is 9.65. The summed E-state index contributed by atoms with van der Waals surface area (Å²) >= 11 is 0. The molecule has 3 atom stereocenters. The summed E-state index contributed by atoms with van der Waals surface area (Å²) in [6.45, 7) is 3.70. The van der Waals surface area contributed by atoms with E-state index < -0.39 is 24.3 Å². The number of fused-ring (bicyclic) bond motifs is 1. The number of carbonyl (C=O) groups is 2. The van der Waals surface area contributed by atoms with Crippen molar-refractivity contribution in [3.63, 3.8) is 0 Å². The number of hydrogen-bond donors (Lipinski definition) is 2. The van der Waals surface area contributed by atoms with Gasteiger partial charge in [-0.25, -0.2) is 14.6 Å². The van der Waals surface area contributed by atoms with Crippen LogP contribution >= 0.6 is 0 Å². The van der Waals surface area contributed by atoms with Crippen LogP contribution in [0.5, 0.6) is 5.88 Å². The number of nitrogens with zero attached hydrogens (tertiary/aromatic N) is 3. The summed E-state index contributed by atoms with van der Waals surface area (Å²) in [5.74, 6) is -4.16. The topological polar surface area (TPSA) is 112 Å². The fraction of sp³-hybridized carbons (Fsp3) is 0.632. The van der Waals surface area contributed by atoms with Crippen molar-refractivity contribution < 1.29 is 55.6 Å². The van der Waals surface area contributed by atoms with E-state index in [1.165, 1.54) is 0 Å². The zero-order chi connectivity index (χ0) is 26.3. The lowest BCUT2D eigenvalue weighted by Gasteiger charge is -2.24. The normalized spacial score (nSPS) is 22.2. The minimum Gasteiger partial charge on any atom is -0.481 e. The number of likely N-dealkylation sites (tertiary alicyclic amines) is 1. The number of aliphatic carboxylic acids is 2. The molecule has 0 saturated carbocycles. The van der Waals surface area contributed by atoms with Crippen LogP contribution in [0.25, 0.3) is 0 Å². The van der Waals surface area contributed by atoms with E-state index in [4.69, 9.17) is 29.3 Å². The third-order valence-corrected chi connectivity index (χ3v) is 5.04. The van der Waals surface area contributed by atoms with Crippen LogP contribution in [0.1, 0.15) is 5.56 Å². The number of hydrogen-bond acceptors (Lipinski definition) is 7. The van der Waals surface area contributed by atoms with Crippen molar-refractivity contribution in [2.24, 2.45) is 5.92 Å². The highest BCUT2D eigenvalue weighted by atomic mass is 19.4. The average Bonchev–Trinajstić information content (AvgIpc) is 3.31. The van der Waals surface area contributed by atoms with Crippen LogP contribution in [0, 0.1) is 5.92 Å². The van der Waals surface area contributed by atoms with Crippen LogP contribution < -0.4 is 4.74 Å². The monoisotopic (exact) mass is 505 g/mol. The van der Waals surface area contributed by atoms with Gasteiger partial charge in [-0.3, -0.25) is 4.90 Å². The first kappa shape index (κ1) is 29.4. The second-order valence-corrected chi connectivity index (χ2v) is 7.51. The Bertz CT molecular complexity index is 796. The van der Waals surface area contributed by atoms with E-state index >= 15 is 0 Å². The molecule has 9 nitrogen and oxygen atoms in total. The fourth-order valence-corrected chi connectivity index (χ4v) is 3.49. The Morgan fingerprint density at radius 3 is 2.12 bits per heavy atom. The molecule has 0 spiro atoms. The Labute approximate surface area is 190 Å². The molecular formula is C19H25F6N3O6. The van der Waals surface area contributed by atoms with Crippen LogP contribution in [0.15, 0.2) is 18.3 Å². The van der Waals surface area contributed by atoms with Gasteiger partial charge in [0.25, 0.3) is 0 Å². The molecule has 194 valence electrons. The molecule has 2 N–H and O–H groups in total. The van der Waals surface area contributed by atoms with Gasteiger partial charge in [-0.05, 0) is 20.2 Å². The number of carboxylic acid groups (broad SMARTS) is 2. The molecule has 0 bridgehead atoms. The predicted molar refractivity (Wildman–Crippen MR) is 104 cm³/mol. The fourth-order valence-electron chi connectivity index (χ4n) is 3.49. The molecular weight excluding hydrogens is 480 g/mol. The van der Waals surface area contributed by atoms with Crippen LogP contribution in [0.4, 0.5) is 26.3 Å². The number of carboxylic acids is 2. The zero-order valence-electron chi connectivity index (χ0n) is 18.4. The summed E-state index contributed by atoms with van der Waals surface area (Å²) in [6, 6.07) is 5.16. The number of rotatable bonds is 4. The van der Waals surface area contributed by atoms with Gasteiger partial charge in [0.1, 0.15) is 0 Å². The van der Waals surface area contributed by atoms with Gasteiger partial charge in [-0.15, -0.1) is 0 Å². The number of likely N-dealkylation sites (N-methyl/N-ethyl adjacent to an activating group) is 1. The van der Waals surface area contributed by atoms with Crippen molar-refractivity contribution in [2.75, 3.05) is 41.0 Å². The summed E-state index contributed by atoms with van der Waals surface area (Å²) in [4.78, 5) is 26.9. The average molecular weight is 505 g/mol. The van der Waals surface area contributed by atoms with Crippen molar-refractivity contribution in [3.05, 3.63) is 23.9 Å². The summed E-state index contributed by atoms with van der Waals surface area (Å²) in [5, 5.41) is 14.2. The number of halogens is 6. The van der Waals surface area contributed by atoms with E-state index in [-0.39, 0.29) is 0 Å². The first-order valence-electron chi connectivity index (χ1n) is 9.65. The quantitative estimate of drug-likeness (QED) is 0.595. The highest BCUT2D eigenvalue weighted by molar-refractivity contribution is 5.73. The third-order valence-electron chi connectivity index (χ3n) is 5.04. The Hall–Kier alpha value is -2.65. The number of pyridine rings is 1. The smallest absolute Gasteiger partial charge is 0.481 e. The second kappa shape index (κ2) is 12.2.